The smallest absolute Gasteiger partial charge is 0.254 e. The Bertz CT molecular complexity index is 1710. The lowest BCUT2D eigenvalue weighted by atomic mass is 9.94. The summed E-state index contributed by atoms with van der Waals surface area (Å²) in [5.41, 5.74) is 9.95. The molecule has 7 nitrogen and oxygen atoms in total. The molecule has 2 atom stereocenters. The molecule has 0 saturated carbocycles. The van der Waals surface area contributed by atoms with Gasteiger partial charge in [-0.1, -0.05) is 55.3 Å². The van der Waals surface area contributed by atoms with Gasteiger partial charge in [0.2, 0.25) is 11.8 Å². The van der Waals surface area contributed by atoms with Crippen LogP contribution in [0.4, 0.5) is 0 Å². The van der Waals surface area contributed by atoms with E-state index in [9.17, 15) is 10.1 Å². The fraction of sp³-hybridized carbons (Fsp3) is 0.314. The summed E-state index contributed by atoms with van der Waals surface area (Å²) >= 11 is 1.66. The predicted octanol–water partition coefficient (Wildman–Crippen LogP) is 6.82. The Morgan fingerprint density at radius 3 is 2.67 bits per heavy atom. The van der Waals surface area contributed by atoms with Crippen LogP contribution >= 0.6 is 11.8 Å². The van der Waals surface area contributed by atoms with E-state index in [0.29, 0.717) is 35.5 Å². The van der Waals surface area contributed by atoms with E-state index in [2.05, 4.69) is 35.0 Å². The molecular weight excluding hydrogens is 554 g/mol. The third-order valence-corrected chi connectivity index (χ3v) is 8.75. The molecule has 0 bridgehead atoms. The molecule has 1 saturated heterocycles. The van der Waals surface area contributed by atoms with Gasteiger partial charge in [-0.15, -0.1) is 27.9 Å². The van der Waals surface area contributed by atoms with Crippen LogP contribution in [0.15, 0.2) is 76.0 Å². The Labute approximate surface area is 257 Å². The second-order valence-electron chi connectivity index (χ2n) is 11.0. The van der Waals surface area contributed by atoms with Gasteiger partial charge in [-0.05, 0) is 80.7 Å². The second-order valence-corrected chi connectivity index (χ2v) is 12.1. The largest absolute Gasteiger partial charge is 0.419 e. The van der Waals surface area contributed by atoms with Crippen LogP contribution in [0.3, 0.4) is 0 Å². The van der Waals surface area contributed by atoms with Gasteiger partial charge in [-0.25, -0.2) is 0 Å². The molecule has 1 amide bonds. The number of thioether (sulfide) groups is 1. The number of hydrogen-bond donors (Lipinski definition) is 1. The average Bonchev–Trinajstić information content (AvgIpc) is 3.71. The first-order valence-electron chi connectivity index (χ1n) is 14.6. The number of carbonyl (C=O) groups is 1. The topological polar surface area (TPSA) is 109 Å². The maximum atomic E-state index is 13.9. The molecule has 1 aliphatic heterocycles. The standard InChI is InChI=1S/C35H35N5O2S/c1-4-11-28-14-10-17-40(28)33(41)27-20-25(29-15-9-16-31(30(29)23-36)43-18-5-2)19-26(21-27)32-38-39-34(42-32)35(3,37)22-24-12-7-6-8-13-24/h6-9,12-13,15-16,19-21,28H,5,10,14,17-18,22,37H2,1-3H3/t28?,35-/m1/s1. The zero-order valence-electron chi connectivity index (χ0n) is 24.8. The van der Waals surface area contributed by atoms with Crippen molar-refractivity contribution in [3.8, 4) is 40.5 Å². The highest BCUT2D eigenvalue weighted by Crippen LogP contribution is 2.36. The number of nitrogens with zero attached hydrogens (tertiary/aromatic N) is 4. The summed E-state index contributed by atoms with van der Waals surface area (Å²) in [7, 11) is 0. The maximum Gasteiger partial charge on any atom is 0.254 e. The van der Waals surface area contributed by atoms with E-state index in [4.69, 9.17) is 10.2 Å². The summed E-state index contributed by atoms with van der Waals surface area (Å²) in [6.07, 6.45) is 3.26. The third-order valence-electron chi connectivity index (χ3n) is 7.49. The Balaban J connectivity index is 1.59. The van der Waals surface area contributed by atoms with Crippen LogP contribution in [-0.2, 0) is 12.0 Å². The maximum absolute atomic E-state index is 13.9. The fourth-order valence-corrected chi connectivity index (χ4v) is 6.31. The molecule has 2 heterocycles. The minimum Gasteiger partial charge on any atom is -0.419 e. The molecule has 218 valence electrons. The monoisotopic (exact) mass is 589 g/mol. The molecule has 1 unspecified atom stereocenters. The van der Waals surface area contributed by atoms with E-state index in [1.807, 2.05) is 72.5 Å². The van der Waals surface area contributed by atoms with Crippen LogP contribution in [0.5, 0.6) is 0 Å². The van der Waals surface area contributed by atoms with E-state index >= 15 is 0 Å². The van der Waals surface area contributed by atoms with Crippen molar-refractivity contribution < 1.29 is 9.21 Å². The first-order chi connectivity index (χ1) is 20.8. The summed E-state index contributed by atoms with van der Waals surface area (Å²) < 4.78 is 6.19. The molecule has 1 fully saturated rings. The molecule has 43 heavy (non-hydrogen) atoms. The Hall–Kier alpha value is -4.37. The molecule has 8 heteroatoms. The molecule has 0 radical (unpaired) electrons. The molecule has 0 spiro atoms. The minimum absolute atomic E-state index is 0.115. The van der Waals surface area contributed by atoms with Crippen LogP contribution in [0, 0.1) is 23.2 Å². The lowest BCUT2D eigenvalue weighted by Crippen LogP contribution is -2.35. The SMILES string of the molecule is CC#CC1CCCN1C(=O)c1cc(-c2nnc([C@](C)(N)Cc3ccccc3)o2)cc(-c2cccc(SCCC)c2C#N)c1. The number of rotatable bonds is 9. The van der Waals surface area contributed by atoms with Gasteiger partial charge in [-0.3, -0.25) is 4.79 Å². The average molecular weight is 590 g/mol. The number of benzene rings is 3. The highest BCUT2D eigenvalue weighted by Gasteiger charge is 2.31. The number of likely N-dealkylation sites (tertiary alicyclic amines) is 1. The molecule has 2 N–H and O–H groups in total. The second kappa shape index (κ2) is 13.3. The zero-order valence-corrected chi connectivity index (χ0v) is 25.6. The molecule has 0 aliphatic carbocycles. The van der Waals surface area contributed by atoms with E-state index in [1.165, 1.54) is 0 Å². The summed E-state index contributed by atoms with van der Waals surface area (Å²) in [4.78, 5) is 16.7. The summed E-state index contributed by atoms with van der Waals surface area (Å²) in [5.74, 6) is 7.50. The van der Waals surface area contributed by atoms with Gasteiger partial charge in [0.25, 0.3) is 5.91 Å². The van der Waals surface area contributed by atoms with Crippen LogP contribution in [0.2, 0.25) is 0 Å². The summed E-state index contributed by atoms with van der Waals surface area (Å²) in [5, 5.41) is 18.9. The molecule has 1 aliphatic rings. The van der Waals surface area contributed by atoms with Crippen molar-refractivity contribution in [2.75, 3.05) is 12.3 Å². The molecule has 4 aromatic rings. The van der Waals surface area contributed by atoms with Crippen molar-refractivity contribution in [2.24, 2.45) is 5.73 Å². The highest BCUT2D eigenvalue weighted by atomic mass is 32.2. The Morgan fingerprint density at radius 1 is 1.14 bits per heavy atom. The molecular formula is C35H35N5O2S. The minimum atomic E-state index is -0.900. The number of carbonyl (C=O) groups excluding carboxylic acids is 1. The van der Waals surface area contributed by atoms with Crippen molar-refractivity contribution >= 4 is 17.7 Å². The predicted molar refractivity (Wildman–Crippen MR) is 170 cm³/mol. The third kappa shape index (κ3) is 6.67. The molecule has 1 aromatic heterocycles. The first kappa shape index (κ1) is 30.1. The normalized spacial score (nSPS) is 15.8. The summed E-state index contributed by atoms with van der Waals surface area (Å²) in [6, 6.07) is 23.6. The van der Waals surface area contributed by atoms with E-state index in [1.54, 1.807) is 24.8 Å². The fourth-order valence-electron chi connectivity index (χ4n) is 5.41. The summed E-state index contributed by atoms with van der Waals surface area (Å²) in [6.45, 7) is 6.41. The van der Waals surface area contributed by atoms with E-state index in [0.717, 1.165) is 46.6 Å². The van der Waals surface area contributed by atoms with Crippen LogP contribution in [-0.4, -0.2) is 39.3 Å². The van der Waals surface area contributed by atoms with Gasteiger partial charge < -0.3 is 15.1 Å². The van der Waals surface area contributed by atoms with Crippen molar-refractivity contribution in [3.05, 3.63) is 89.3 Å². The lowest BCUT2D eigenvalue weighted by Gasteiger charge is -2.22. The number of nitriles is 1. The number of nitrogens with two attached hydrogens (primary N) is 1. The molecule has 5 rings (SSSR count). The first-order valence-corrected chi connectivity index (χ1v) is 15.5. The van der Waals surface area contributed by atoms with Gasteiger partial charge in [0.15, 0.2) is 0 Å². The van der Waals surface area contributed by atoms with Crippen molar-refractivity contribution in [3.63, 3.8) is 0 Å². The quantitative estimate of drug-likeness (QED) is 0.168. The van der Waals surface area contributed by atoms with Gasteiger partial charge in [0, 0.05) is 28.1 Å². The van der Waals surface area contributed by atoms with E-state index in [-0.39, 0.29) is 17.8 Å². The number of hydrogen-bond acceptors (Lipinski definition) is 7. The lowest BCUT2D eigenvalue weighted by molar-refractivity contribution is 0.0766. The number of aromatic nitrogens is 2. The van der Waals surface area contributed by atoms with Gasteiger partial charge in [0.1, 0.15) is 6.07 Å². The highest BCUT2D eigenvalue weighted by molar-refractivity contribution is 7.99. The van der Waals surface area contributed by atoms with E-state index < -0.39 is 5.54 Å². The van der Waals surface area contributed by atoms with Gasteiger partial charge in [-0.2, -0.15) is 5.26 Å². The van der Waals surface area contributed by atoms with Crippen LogP contribution in [0.25, 0.3) is 22.6 Å². The number of amides is 1. The Kier molecular flexibility index (Phi) is 9.31. The van der Waals surface area contributed by atoms with Crippen molar-refractivity contribution in [2.45, 2.75) is 62.9 Å². The zero-order chi connectivity index (χ0) is 30.4. The Morgan fingerprint density at radius 2 is 1.93 bits per heavy atom. The molecule has 3 aromatic carbocycles. The van der Waals surface area contributed by atoms with Gasteiger partial charge >= 0.3 is 0 Å². The van der Waals surface area contributed by atoms with Crippen molar-refractivity contribution in [1.29, 1.82) is 5.26 Å². The van der Waals surface area contributed by atoms with Crippen molar-refractivity contribution in [1.82, 2.24) is 15.1 Å². The van der Waals surface area contributed by atoms with Gasteiger partial charge in [0.05, 0.1) is 17.1 Å². The van der Waals surface area contributed by atoms with Crippen LogP contribution < -0.4 is 5.73 Å². The van der Waals surface area contributed by atoms with Crippen LogP contribution in [0.1, 0.15) is 67.4 Å².